The van der Waals surface area contributed by atoms with Crippen LogP contribution in [0, 0.1) is 0 Å². The second-order valence-corrected chi connectivity index (χ2v) is 3.91. The van der Waals surface area contributed by atoms with Crippen LogP contribution in [-0.2, 0) is 4.79 Å². The first-order valence-corrected chi connectivity index (χ1v) is 4.79. The smallest absolute Gasteiger partial charge is 0.226 e. The molecule has 2 N–H and O–H groups in total. The number of amides is 1. The van der Waals surface area contributed by atoms with E-state index in [1.165, 1.54) is 6.20 Å². The Morgan fingerprint density at radius 2 is 2.38 bits per heavy atom. The molecule has 1 aromatic rings. The lowest BCUT2D eigenvalue weighted by Gasteiger charge is -2.06. The summed E-state index contributed by atoms with van der Waals surface area (Å²) in [5.74, 6) is -0.796. The molecule has 1 rings (SSSR count). The minimum atomic E-state index is -0.401. The zero-order chi connectivity index (χ0) is 10.0. The van der Waals surface area contributed by atoms with Gasteiger partial charge >= 0.3 is 0 Å². The Kier molecular flexibility index (Phi) is 3.27. The number of rotatable bonds is 2. The van der Waals surface area contributed by atoms with E-state index in [0.717, 1.165) is 0 Å². The van der Waals surface area contributed by atoms with Crippen LogP contribution in [0.15, 0.2) is 16.7 Å². The second-order valence-electron chi connectivity index (χ2n) is 2.65. The molecule has 5 heteroatoms. The number of aromatic nitrogens is 1. The van der Waals surface area contributed by atoms with Crippen molar-refractivity contribution in [3.8, 4) is 0 Å². The van der Waals surface area contributed by atoms with Crippen molar-refractivity contribution in [3.63, 3.8) is 0 Å². The molecule has 1 heterocycles. The van der Waals surface area contributed by atoms with Gasteiger partial charge in [0.15, 0.2) is 0 Å². The summed E-state index contributed by atoms with van der Waals surface area (Å²) in [6, 6.07) is 1.69. The van der Waals surface area contributed by atoms with Crippen LogP contribution in [0.4, 0.5) is 0 Å². The molecular weight excluding hydrogens is 255 g/mol. The van der Waals surface area contributed by atoms with Crippen molar-refractivity contribution in [3.05, 3.63) is 27.5 Å². The highest BCUT2D eigenvalue weighted by atomic mass is 79.9. The summed E-state index contributed by atoms with van der Waals surface area (Å²) in [5, 5.41) is 0.514. The highest BCUT2D eigenvalue weighted by Gasteiger charge is 2.13. The predicted octanol–water partition coefficient (Wildman–Crippen LogP) is 2.09. The van der Waals surface area contributed by atoms with Gasteiger partial charge < -0.3 is 5.73 Å². The maximum Gasteiger partial charge on any atom is 0.226 e. The van der Waals surface area contributed by atoms with Crippen LogP contribution in [-0.4, -0.2) is 10.9 Å². The molecule has 0 saturated carbocycles. The number of carbonyl (C=O) groups excluding carboxylic acids is 1. The van der Waals surface area contributed by atoms with E-state index >= 15 is 0 Å². The van der Waals surface area contributed by atoms with Crippen molar-refractivity contribution < 1.29 is 4.79 Å². The van der Waals surface area contributed by atoms with Gasteiger partial charge in [0.1, 0.15) is 0 Å². The molecule has 0 aliphatic rings. The Hall–Kier alpha value is -0.610. The molecule has 1 aromatic heterocycles. The molecule has 0 aliphatic carbocycles. The second kappa shape index (κ2) is 4.07. The number of hydrogen-bond acceptors (Lipinski definition) is 2. The number of halogens is 2. The lowest BCUT2D eigenvalue weighted by molar-refractivity contribution is -0.119. The average molecular weight is 264 g/mol. The topological polar surface area (TPSA) is 56.0 Å². The van der Waals surface area contributed by atoms with E-state index in [1.807, 2.05) is 0 Å². The molecule has 13 heavy (non-hydrogen) atoms. The van der Waals surface area contributed by atoms with Crippen LogP contribution < -0.4 is 5.73 Å². The maximum absolute atomic E-state index is 10.8. The fourth-order valence-corrected chi connectivity index (χ4v) is 1.25. The fourth-order valence-electron chi connectivity index (χ4n) is 0.811. The zero-order valence-electron chi connectivity index (χ0n) is 6.92. The SMILES string of the molecule is CC(C(N)=O)c1cc(Br)c(Cl)cn1. The molecule has 3 nitrogen and oxygen atoms in total. The summed E-state index contributed by atoms with van der Waals surface area (Å²) in [6.07, 6.45) is 1.49. The Bertz CT molecular complexity index is 343. The van der Waals surface area contributed by atoms with Crippen LogP contribution in [0.25, 0.3) is 0 Å². The standard InChI is InChI=1S/C8H8BrClN2O/c1-4(8(11)13)7-2-5(9)6(10)3-12-7/h2-4H,1H3,(H2,11,13). The highest BCUT2D eigenvalue weighted by molar-refractivity contribution is 9.10. The van der Waals surface area contributed by atoms with E-state index in [-0.39, 0.29) is 0 Å². The quantitative estimate of drug-likeness (QED) is 0.888. The van der Waals surface area contributed by atoms with Crippen molar-refractivity contribution >= 4 is 33.4 Å². The summed E-state index contributed by atoms with van der Waals surface area (Å²) in [7, 11) is 0. The third kappa shape index (κ3) is 2.42. The first-order chi connectivity index (χ1) is 6.02. The van der Waals surface area contributed by atoms with Gasteiger partial charge in [-0.1, -0.05) is 11.6 Å². The van der Waals surface area contributed by atoms with Crippen molar-refractivity contribution in [1.82, 2.24) is 4.98 Å². The summed E-state index contributed by atoms with van der Waals surface area (Å²) < 4.78 is 0.715. The van der Waals surface area contributed by atoms with Gasteiger partial charge in [-0.15, -0.1) is 0 Å². The molecule has 1 amide bonds. The number of primary amides is 1. The Morgan fingerprint density at radius 3 is 2.85 bits per heavy atom. The van der Waals surface area contributed by atoms with E-state index in [2.05, 4.69) is 20.9 Å². The summed E-state index contributed by atoms with van der Waals surface area (Å²) in [6.45, 7) is 1.70. The minimum Gasteiger partial charge on any atom is -0.369 e. The van der Waals surface area contributed by atoms with Crippen LogP contribution in [0.5, 0.6) is 0 Å². The average Bonchev–Trinajstić information content (AvgIpc) is 2.08. The predicted molar refractivity (Wildman–Crippen MR) is 54.6 cm³/mol. The largest absolute Gasteiger partial charge is 0.369 e. The molecule has 1 atom stereocenters. The highest BCUT2D eigenvalue weighted by Crippen LogP contribution is 2.24. The molecule has 0 aromatic carbocycles. The lowest BCUT2D eigenvalue weighted by Crippen LogP contribution is -2.19. The lowest BCUT2D eigenvalue weighted by atomic mass is 10.1. The van der Waals surface area contributed by atoms with Crippen molar-refractivity contribution in [1.29, 1.82) is 0 Å². The number of nitrogens with zero attached hydrogens (tertiary/aromatic N) is 1. The molecular formula is C8H8BrClN2O. The van der Waals surface area contributed by atoms with E-state index in [1.54, 1.807) is 13.0 Å². The molecule has 70 valence electrons. The van der Waals surface area contributed by atoms with Gasteiger partial charge in [-0.2, -0.15) is 0 Å². The third-order valence-electron chi connectivity index (χ3n) is 1.70. The minimum absolute atomic E-state index is 0.395. The number of nitrogens with two attached hydrogens (primary N) is 1. The molecule has 0 fully saturated rings. The van der Waals surface area contributed by atoms with Gasteiger partial charge in [0, 0.05) is 10.7 Å². The van der Waals surface area contributed by atoms with Gasteiger partial charge in [-0.25, -0.2) is 0 Å². The summed E-state index contributed by atoms with van der Waals surface area (Å²) in [4.78, 5) is 14.8. The normalized spacial score (nSPS) is 12.5. The van der Waals surface area contributed by atoms with Crippen LogP contribution in [0.2, 0.25) is 5.02 Å². The van der Waals surface area contributed by atoms with E-state index in [9.17, 15) is 4.79 Å². The van der Waals surface area contributed by atoms with Crippen LogP contribution in [0.3, 0.4) is 0 Å². The van der Waals surface area contributed by atoms with Crippen LogP contribution in [0.1, 0.15) is 18.5 Å². The van der Waals surface area contributed by atoms with E-state index in [4.69, 9.17) is 17.3 Å². The Labute approximate surface area is 89.4 Å². The van der Waals surface area contributed by atoms with Gasteiger partial charge in [0.25, 0.3) is 0 Å². The molecule has 1 unspecified atom stereocenters. The van der Waals surface area contributed by atoms with Gasteiger partial charge in [-0.3, -0.25) is 9.78 Å². The van der Waals surface area contributed by atoms with E-state index < -0.39 is 11.8 Å². The molecule has 0 bridgehead atoms. The monoisotopic (exact) mass is 262 g/mol. The molecule has 0 radical (unpaired) electrons. The Morgan fingerprint density at radius 1 is 1.77 bits per heavy atom. The van der Waals surface area contributed by atoms with E-state index in [0.29, 0.717) is 15.2 Å². The number of hydrogen-bond donors (Lipinski definition) is 1. The zero-order valence-corrected chi connectivity index (χ0v) is 9.26. The summed E-state index contributed by atoms with van der Waals surface area (Å²) >= 11 is 8.98. The summed E-state index contributed by atoms with van der Waals surface area (Å²) in [5.41, 5.74) is 5.74. The maximum atomic E-state index is 10.8. The van der Waals surface area contributed by atoms with Gasteiger partial charge in [0.2, 0.25) is 5.91 Å². The van der Waals surface area contributed by atoms with Crippen molar-refractivity contribution in [2.45, 2.75) is 12.8 Å². The molecule has 0 aliphatic heterocycles. The van der Waals surface area contributed by atoms with Crippen molar-refractivity contribution in [2.24, 2.45) is 5.73 Å². The molecule has 0 spiro atoms. The fraction of sp³-hybridized carbons (Fsp3) is 0.250. The number of pyridine rings is 1. The first kappa shape index (κ1) is 10.5. The van der Waals surface area contributed by atoms with Gasteiger partial charge in [0.05, 0.1) is 16.6 Å². The third-order valence-corrected chi connectivity index (χ3v) is 2.89. The van der Waals surface area contributed by atoms with Crippen LogP contribution >= 0.6 is 27.5 Å². The Balaban J connectivity index is 3.03. The van der Waals surface area contributed by atoms with Gasteiger partial charge in [-0.05, 0) is 28.9 Å². The molecule has 0 saturated heterocycles. The first-order valence-electron chi connectivity index (χ1n) is 3.62. The number of carbonyl (C=O) groups is 1. The van der Waals surface area contributed by atoms with Crippen molar-refractivity contribution in [2.75, 3.05) is 0 Å².